The Labute approximate surface area is 150 Å². The average molecular weight is 388 g/mol. The Morgan fingerprint density at radius 3 is 2.73 bits per heavy atom. The normalized spacial score (nSPS) is 19.1. The Balaban J connectivity index is 2.03. The first-order valence-electron chi connectivity index (χ1n) is 7.62. The molecule has 1 heterocycles. The summed E-state index contributed by atoms with van der Waals surface area (Å²) in [5.41, 5.74) is -0.214. The van der Waals surface area contributed by atoms with E-state index in [2.05, 4.69) is 20.2 Å². The maximum atomic E-state index is 13.2. The van der Waals surface area contributed by atoms with Gasteiger partial charge in [0.05, 0.1) is 16.3 Å². The van der Waals surface area contributed by atoms with Gasteiger partial charge in [0, 0.05) is 11.8 Å². The minimum absolute atomic E-state index is 0.0176. The topological polar surface area (TPSA) is 87.7 Å². The summed E-state index contributed by atoms with van der Waals surface area (Å²) < 4.78 is 44.2. The number of aromatic nitrogens is 1. The van der Waals surface area contributed by atoms with E-state index >= 15 is 0 Å². The maximum Gasteiger partial charge on any atom is 0.417 e. The number of nitrogens with zero attached hydrogens (tertiary/aromatic N) is 2. The third kappa shape index (κ3) is 3.52. The molecule has 2 N–H and O–H groups in total. The van der Waals surface area contributed by atoms with E-state index in [-0.39, 0.29) is 23.4 Å². The van der Waals surface area contributed by atoms with Crippen LogP contribution in [0.15, 0.2) is 34.1 Å². The van der Waals surface area contributed by atoms with Gasteiger partial charge in [-0.2, -0.15) is 13.2 Å². The molecule has 10 heteroatoms. The molecule has 1 saturated carbocycles. The van der Waals surface area contributed by atoms with Crippen molar-refractivity contribution in [1.29, 1.82) is 0 Å². The molecule has 6 nitrogen and oxygen atoms in total. The molecule has 0 unspecified atom stereocenters. The summed E-state index contributed by atoms with van der Waals surface area (Å²) in [5.74, 6) is -1.05. The monoisotopic (exact) mass is 387 g/mol. The van der Waals surface area contributed by atoms with Crippen LogP contribution in [0.4, 0.5) is 18.9 Å². The Morgan fingerprint density at radius 2 is 2.15 bits per heavy atom. The van der Waals surface area contributed by atoms with Crippen LogP contribution in [0.3, 0.4) is 0 Å². The number of carbonyl (C=O) groups is 1. The van der Waals surface area contributed by atoms with E-state index in [0.29, 0.717) is 18.6 Å². The molecule has 1 aliphatic carbocycles. The molecule has 1 fully saturated rings. The van der Waals surface area contributed by atoms with E-state index in [1.807, 2.05) is 0 Å². The van der Waals surface area contributed by atoms with Crippen molar-refractivity contribution in [3.63, 3.8) is 0 Å². The Kier molecular flexibility index (Phi) is 4.90. The number of carbonyl (C=O) groups excluding carboxylic acids is 1. The van der Waals surface area contributed by atoms with Crippen LogP contribution in [0.5, 0.6) is 0 Å². The zero-order chi connectivity index (χ0) is 18.9. The van der Waals surface area contributed by atoms with Crippen LogP contribution in [0, 0.1) is 0 Å². The van der Waals surface area contributed by atoms with E-state index < -0.39 is 28.6 Å². The van der Waals surface area contributed by atoms with E-state index in [1.54, 1.807) is 0 Å². The Morgan fingerprint density at radius 1 is 1.38 bits per heavy atom. The second-order valence-electron chi connectivity index (χ2n) is 5.83. The van der Waals surface area contributed by atoms with Crippen molar-refractivity contribution < 1.29 is 27.7 Å². The summed E-state index contributed by atoms with van der Waals surface area (Å²) in [6, 6.07) is 3.31. The summed E-state index contributed by atoms with van der Waals surface area (Å²) >= 11 is 6.07. The molecule has 0 bridgehead atoms. The first-order valence-corrected chi connectivity index (χ1v) is 8.00. The predicted octanol–water partition coefficient (Wildman–Crippen LogP) is 4.70. The van der Waals surface area contributed by atoms with E-state index in [4.69, 9.17) is 16.8 Å². The minimum atomic E-state index is -4.63. The number of rotatable bonds is 3. The number of amides is 1. The molecule has 1 amide bonds. The zero-order valence-corrected chi connectivity index (χ0v) is 13.9. The Hall–Kier alpha value is -2.55. The quantitative estimate of drug-likeness (QED) is 0.590. The van der Waals surface area contributed by atoms with Gasteiger partial charge in [-0.05, 0) is 42.9 Å². The third-order valence-electron chi connectivity index (χ3n) is 4.22. The van der Waals surface area contributed by atoms with Crippen LogP contribution in [0.2, 0.25) is 5.02 Å². The molecule has 0 saturated heterocycles. The van der Waals surface area contributed by atoms with Gasteiger partial charge in [-0.3, -0.25) is 4.79 Å². The van der Waals surface area contributed by atoms with Crippen LogP contribution < -0.4 is 5.32 Å². The van der Waals surface area contributed by atoms with Gasteiger partial charge in [-0.25, -0.2) is 0 Å². The summed E-state index contributed by atoms with van der Waals surface area (Å²) in [7, 11) is 0. The van der Waals surface area contributed by atoms with Crippen LogP contribution in [0.1, 0.15) is 46.8 Å². The van der Waals surface area contributed by atoms with Crippen molar-refractivity contribution in [2.24, 2.45) is 5.16 Å². The van der Waals surface area contributed by atoms with Crippen molar-refractivity contribution in [2.75, 3.05) is 5.32 Å². The molecule has 0 spiro atoms. The molecule has 2 aromatic rings. The van der Waals surface area contributed by atoms with Crippen molar-refractivity contribution in [3.8, 4) is 0 Å². The highest BCUT2D eigenvalue weighted by atomic mass is 35.5. The summed E-state index contributed by atoms with van der Waals surface area (Å²) in [4.78, 5) is 12.2. The molecular formula is C16H13ClF3N3O3. The number of halogens is 4. The van der Waals surface area contributed by atoms with Gasteiger partial charge < -0.3 is 15.0 Å². The molecule has 1 atom stereocenters. The number of alkyl halides is 3. The standard InChI is InChI=1S/C16H13ClF3N3O3/c17-14-10(16(18,19)20)3-4-11(21-15(24)12-5-6-26-23-12)13(14)8-1-2-9(7-8)22-25/h3-6,8,25H,1-2,7H2,(H,21,24)/b22-9-/t8-/m1/s1. The van der Waals surface area contributed by atoms with Gasteiger partial charge in [0.2, 0.25) is 0 Å². The number of hydrogen-bond acceptors (Lipinski definition) is 5. The zero-order valence-electron chi connectivity index (χ0n) is 13.2. The van der Waals surface area contributed by atoms with Crippen LogP contribution in [0.25, 0.3) is 0 Å². The lowest BCUT2D eigenvalue weighted by atomic mass is 9.93. The smallest absolute Gasteiger partial charge is 0.411 e. The summed E-state index contributed by atoms with van der Waals surface area (Å²) in [5, 5.41) is 17.6. The molecule has 0 aliphatic heterocycles. The van der Waals surface area contributed by atoms with Gasteiger partial charge in [-0.15, -0.1) is 0 Å². The van der Waals surface area contributed by atoms with Crippen LogP contribution in [-0.4, -0.2) is 22.0 Å². The largest absolute Gasteiger partial charge is 0.417 e. The number of oxime groups is 1. The van der Waals surface area contributed by atoms with Crippen LogP contribution >= 0.6 is 11.6 Å². The van der Waals surface area contributed by atoms with Crippen LogP contribution in [-0.2, 0) is 6.18 Å². The molecule has 138 valence electrons. The van der Waals surface area contributed by atoms with Crippen molar-refractivity contribution in [2.45, 2.75) is 31.4 Å². The second-order valence-corrected chi connectivity index (χ2v) is 6.21. The summed E-state index contributed by atoms with van der Waals surface area (Å²) in [6.07, 6.45) is -2.29. The second kappa shape index (κ2) is 6.99. The molecule has 1 aromatic carbocycles. The highest BCUT2D eigenvalue weighted by Crippen LogP contribution is 2.45. The van der Waals surface area contributed by atoms with Crippen molar-refractivity contribution in [1.82, 2.24) is 5.16 Å². The number of anilines is 1. The fraction of sp³-hybridized carbons (Fsp3) is 0.312. The van der Waals surface area contributed by atoms with Gasteiger partial charge in [0.25, 0.3) is 5.91 Å². The van der Waals surface area contributed by atoms with Crippen molar-refractivity contribution in [3.05, 3.63) is 46.3 Å². The molecule has 0 radical (unpaired) electrons. The van der Waals surface area contributed by atoms with Gasteiger partial charge in [-0.1, -0.05) is 21.9 Å². The number of benzene rings is 1. The van der Waals surface area contributed by atoms with Crippen molar-refractivity contribution >= 4 is 28.9 Å². The van der Waals surface area contributed by atoms with E-state index in [1.165, 1.54) is 12.3 Å². The lowest BCUT2D eigenvalue weighted by Crippen LogP contribution is -2.16. The number of nitrogens with one attached hydrogen (secondary N) is 1. The Bertz CT molecular complexity index is 850. The first-order chi connectivity index (χ1) is 12.3. The molecule has 1 aromatic heterocycles. The SMILES string of the molecule is O=C(Nc1ccc(C(F)(F)F)c(Cl)c1[C@@H]1CC/C(=N/O)C1)c1ccon1. The fourth-order valence-electron chi connectivity index (χ4n) is 3.00. The van der Waals surface area contributed by atoms with Gasteiger partial charge in [0.1, 0.15) is 6.26 Å². The lowest BCUT2D eigenvalue weighted by molar-refractivity contribution is -0.137. The maximum absolute atomic E-state index is 13.2. The average Bonchev–Trinajstić information content (AvgIpc) is 3.25. The highest BCUT2D eigenvalue weighted by Gasteiger charge is 2.37. The highest BCUT2D eigenvalue weighted by molar-refractivity contribution is 6.33. The minimum Gasteiger partial charge on any atom is -0.411 e. The predicted molar refractivity (Wildman–Crippen MR) is 86.7 cm³/mol. The van der Waals surface area contributed by atoms with Gasteiger partial charge in [0.15, 0.2) is 5.69 Å². The van der Waals surface area contributed by atoms with E-state index in [9.17, 15) is 18.0 Å². The van der Waals surface area contributed by atoms with Gasteiger partial charge >= 0.3 is 6.18 Å². The molecule has 3 rings (SSSR count). The summed E-state index contributed by atoms with van der Waals surface area (Å²) in [6.45, 7) is 0. The van der Waals surface area contributed by atoms with E-state index in [0.717, 1.165) is 12.1 Å². The lowest BCUT2D eigenvalue weighted by Gasteiger charge is -2.20. The molecule has 26 heavy (non-hydrogen) atoms. The third-order valence-corrected chi connectivity index (χ3v) is 4.62. The first kappa shape index (κ1) is 18.2. The fourth-order valence-corrected chi connectivity index (χ4v) is 3.43. The number of hydrogen-bond donors (Lipinski definition) is 2. The molecular weight excluding hydrogens is 375 g/mol. The molecule has 1 aliphatic rings.